The van der Waals surface area contributed by atoms with Crippen LogP contribution in [0, 0.1) is 3.57 Å². The van der Waals surface area contributed by atoms with Crippen LogP contribution in [0.2, 0.25) is 0 Å². The van der Waals surface area contributed by atoms with Gasteiger partial charge in [-0.2, -0.15) is 0 Å². The fraction of sp³-hybridized carbons (Fsp3) is 0.188. The van der Waals surface area contributed by atoms with E-state index in [4.69, 9.17) is 4.74 Å². The number of esters is 1. The van der Waals surface area contributed by atoms with Crippen molar-refractivity contribution in [2.45, 2.75) is 23.1 Å². The first-order valence-electron chi connectivity index (χ1n) is 6.28. The van der Waals surface area contributed by atoms with Crippen LogP contribution in [-0.2, 0) is 11.2 Å². The van der Waals surface area contributed by atoms with Crippen molar-refractivity contribution in [1.82, 2.24) is 0 Å². The molecule has 2 aromatic rings. The minimum atomic E-state index is -0.271. The SMILES string of the molecule is CCc1cc(Sc2ccc(I)cc2)ccc1C(=O)OC. The molecule has 0 unspecified atom stereocenters. The smallest absolute Gasteiger partial charge is 0.338 e. The van der Waals surface area contributed by atoms with Gasteiger partial charge in [0.1, 0.15) is 0 Å². The third-order valence-corrected chi connectivity index (χ3v) is 4.63. The molecule has 0 fully saturated rings. The lowest BCUT2D eigenvalue weighted by Gasteiger charge is -2.09. The van der Waals surface area contributed by atoms with Crippen LogP contribution >= 0.6 is 34.4 Å². The predicted molar refractivity (Wildman–Crippen MR) is 90.4 cm³/mol. The molecule has 0 aliphatic carbocycles. The number of benzene rings is 2. The summed E-state index contributed by atoms with van der Waals surface area (Å²) < 4.78 is 6.03. The van der Waals surface area contributed by atoms with Crippen molar-refractivity contribution in [2.24, 2.45) is 0 Å². The molecule has 0 aliphatic heterocycles. The predicted octanol–water partition coefficient (Wildman–Crippen LogP) is 4.79. The molecule has 4 heteroatoms. The highest BCUT2D eigenvalue weighted by Gasteiger charge is 2.11. The second-order valence-corrected chi connectivity index (χ2v) is 6.61. The number of halogens is 1. The van der Waals surface area contributed by atoms with Gasteiger partial charge in [0, 0.05) is 13.4 Å². The van der Waals surface area contributed by atoms with Crippen LogP contribution in [0.4, 0.5) is 0 Å². The van der Waals surface area contributed by atoms with Crippen molar-refractivity contribution >= 4 is 40.3 Å². The molecule has 20 heavy (non-hydrogen) atoms. The maximum atomic E-state index is 11.7. The lowest BCUT2D eigenvalue weighted by atomic mass is 10.1. The lowest BCUT2D eigenvalue weighted by Crippen LogP contribution is -2.05. The Labute approximate surface area is 137 Å². The highest BCUT2D eigenvalue weighted by atomic mass is 127. The van der Waals surface area contributed by atoms with Crippen molar-refractivity contribution in [3.8, 4) is 0 Å². The number of hydrogen-bond donors (Lipinski definition) is 0. The number of carbonyl (C=O) groups is 1. The van der Waals surface area contributed by atoms with Crippen LogP contribution in [0.25, 0.3) is 0 Å². The Morgan fingerprint density at radius 2 is 1.80 bits per heavy atom. The van der Waals surface area contributed by atoms with Crippen LogP contribution in [0.5, 0.6) is 0 Å². The average molecular weight is 398 g/mol. The summed E-state index contributed by atoms with van der Waals surface area (Å²) in [6.45, 7) is 2.04. The number of carbonyl (C=O) groups excluding carboxylic acids is 1. The third kappa shape index (κ3) is 3.76. The normalized spacial score (nSPS) is 10.3. The summed E-state index contributed by atoms with van der Waals surface area (Å²) in [6, 6.07) is 14.3. The van der Waals surface area contributed by atoms with Gasteiger partial charge in [0.2, 0.25) is 0 Å². The van der Waals surface area contributed by atoms with Crippen LogP contribution in [-0.4, -0.2) is 13.1 Å². The number of hydrogen-bond acceptors (Lipinski definition) is 3. The molecule has 0 heterocycles. The van der Waals surface area contributed by atoms with E-state index in [1.54, 1.807) is 11.8 Å². The van der Waals surface area contributed by atoms with E-state index in [1.165, 1.54) is 15.6 Å². The van der Waals surface area contributed by atoms with Crippen LogP contribution < -0.4 is 0 Å². The zero-order chi connectivity index (χ0) is 14.5. The van der Waals surface area contributed by atoms with Crippen LogP contribution in [0.3, 0.4) is 0 Å². The molecular weight excluding hydrogens is 383 g/mol. The van der Waals surface area contributed by atoms with E-state index in [1.807, 2.05) is 19.1 Å². The number of ether oxygens (including phenoxy) is 1. The summed E-state index contributed by atoms with van der Waals surface area (Å²) in [7, 11) is 1.41. The molecule has 0 amide bonds. The van der Waals surface area contributed by atoms with E-state index < -0.39 is 0 Å². The fourth-order valence-electron chi connectivity index (χ4n) is 1.87. The molecule has 2 aromatic carbocycles. The van der Waals surface area contributed by atoms with E-state index >= 15 is 0 Å². The van der Waals surface area contributed by atoms with Gasteiger partial charge in [0.25, 0.3) is 0 Å². The summed E-state index contributed by atoms with van der Waals surface area (Å²) in [5.74, 6) is -0.271. The third-order valence-electron chi connectivity index (χ3n) is 2.91. The Bertz CT molecular complexity index is 608. The van der Waals surface area contributed by atoms with Crippen molar-refractivity contribution in [2.75, 3.05) is 7.11 Å². The maximum absolute atomic E-state index is 11.7. The first kappa shape index (κ1) is 15.4. The number of methoxy groups -OCH3 is 1. The van der Waals surface area contributed by atoms with Gasteiger partial charge >= 0.3 is 5.97 Å². The summed E-state index contributed by atoms with van der Waals surface area (Å²) in [5.41, 5.74) is 1.68. The molecule has 2 rings (SSSR count). The van der Waals surface area contributed by atoms with Crippen LogP contribution in [0.15, 0.2) is 52.3 Å². The van der Waals surface area contributed by atoms with Crippen LogP contribution in [0.1, 0.15) is 22.8 Å². The number of rotatable bonds is 4. The fourth-order valence-corrected chi connectivity index (χ4v) is 3.12. The van der Waals surface area contributed by atoms with Gasteiger partial charge in [-0.3, -0.25) is 0 Å². The van der Waals surface area contributed by atoms with Gasteiger partial charge in [-0.1, -0.05) is 18.7 Å². The monoisotopic (exact) mass is 398 g/mol. The summed E-state index contributed by atoms with van der Waals surface area (Å²) >= 11 is 3.99. The van der Waals surface area contributed by atoms with Crippen molar-refractivity contribution in [1.29, 1.82) is 0 Å². The Morgan fingerprint density at radius 1 is 1.15 bits per heavy atom. The molecule has 0 saturated carbocycles. The van der Waals surface area contributed by atoms with Gasteiger partial charge < -0.3 is 4.74 Å². The van der Waals surface area contributed by atoms with Crippen molar-refractivity contribution in [3.05, 3.63) is 57.2 Å². The molecule has 0 atom stereocenters. The highest BCUT2D eigenvalue weighted by Crippen LogP contribution is 2.30. The Kier molecular flexibility index (Phi) is 5.48. The summed E-state index contributed by atoms with van der Waals surface area (Å²) in [4.78, 5) is 14.0. The van der Waals surface area contributed by atoms with Gasteiger partial charge in [-0.15, -0.1) is 0 Å². The summed E-state index contributed by atoms with van der Waals surface area (Å²) in [6.07, 6.45) is 0.811. The molecule has 2 nitrogen and oxygen atoms in total. The molecule has 104 valence electrons. The van der Waals surface area contributed by atoms with Crippen molar-refractivity contribution in [3.63, 3.8) is 0 Å². The zero-order valence-electron chi connectivity index (χ0n) is 11.4. The van der Waals surface area contributed by atoms with E-state index in [9.17, 15) is 4.79 Å². The van der Waals surface area contributed by atoms with E-state index in [0.717, 1.165) is 16.9 Å². The number of aryl methyl sites for hydroxylation is 1. The van der Waals surface area contributed by atoms with Gasteiger partial charge in [-0.05, 0) is 77.0 Å². The van der Waals surface area contributed by atoms with E-state index in [-0.39, 0.29) is 5.97 Å². The standard InChI is InChI=1S/C16H15IO2S/c1-3-11-10-14(8-9-15(11)16(18)19-2)20-13-6-4-12(17)5-7-13/h4-10H,3H2,1-2H3. The molecule has 0 radical (unpaired) electrons. The first-order chi connectivity index (χ1) is 9.63. The molecule has 0 aromatic heterocycles. The minimum Gasteiger partial charge on any atom is -0.465 e. The minimum absolute atomic E-state index is 0.271. The summed E-state index contributed by atoms with van der Waals surface area (Å²) in [5, 5.41) is 0. The van der Waals surface area contributed by atoms with E-state index in [2.05, 4.69) is 52.9 Å². The van der Waals surface area contributed by atoms with Gasteiger partial charge in [0.15, 0.2) is 0 Å². The Morgan fingerprint density at radius 3 is 2.40 bits per heavy atom. The highest BCUT2D eigenvalue weighted by molar-refractivity contribution is 14.1. The molecule has 0 N–H and O–H groups in total. The Hall–Kier alpha value is -1.01. The second-order valence-electron chi connectivity index (χ2n) is 4.22. The zero-order valence-corrected chi connectivity index (χ0v) is 14.3. The van der Waals surface area contributed by atoms with E-state index in [0.29, 0.717) is 5.56 Å². The Balaban J connectivity index is 2.25. The van der Waals surface area contributed by atoms with Crippen molar-refractivity contribution < 1.29 is 9.53 Å². The molecule has 0 aliphatic rings. The average Bonchev–Trinajstić information content (AvgIpc) is 2.48. The lowest BCUT2D eigenvalue weighted by molar-refractivity contribution is 0.0599. The first-order valence-corrected chi connectivity index (χ1v) is 8.18. The van der Waals surface area contributed by atoms with Gasteiger partial charge in [-0.25, -0.2) is 4.79 Å². The molecule has 0 saturated heterocycles. The topological polar surface area (TPSA) is 26.3 Å². The quantitative estimate of drug-likeness (QED) is 0.547. The maximum Gasteiger partial charge on any atom is 0.338 e. The molecule has 0 bridgehead atoms. The molecule has 0 spiro atoms. The largest absolute Gasteiger partial charge is 0.465 e. The second kappa shape index (κ2) is 7.13. The molecular formula is C16H15IO2S. The van der Waals surface area contributed by atoms with Gasteiger partial charge in [0.05, 0.1) is 12.7 Å².